The molecule has 0 saturated carbocycles. The summed E-state index contributed by atoms with van der Waals surface area (Å²) in [5.41, 5.74) is 0.489. The van der Waals surface area contributed by atoms with Crippen LogP contribution in [0.4, 0.5) is 0 Å². The lowest BCUT2D eigenvalue weighted by atomic mass is 10.0. The molecule has 1 aromatic carbocycles. The zero-order valence-electron chi connectivity index (χ0n) is 11.4. The van der Waals surface area contributed by atoms with Crippen molar-refractivity contribution in [2.45, 2.75) is 38.8 Å². The predicted molar refractivity (Wildman–Crippen MR) is 75.9 cm³/mol. The highest BCUT2D eigenvalue weighted by Gasteiger charge is 2.26. The summed E-state index contributed by atoms with van der Waals surface area (Å²) in [6.45, 7) is 5.68. The zero-order valence-corrected chi connectivity index (χ0v) is 12.1. The Kier molecular flexibility index (Phi) is 5.17. The van der Waals surface area contributed by atoms with Crippen LogP contribution in [0.2, 0.25) is 5.02 Å². The van der Waals surface area contributed by atoms with Crippen molar-refractivity contribution >= 4 is 17.5 Å². The number of benzene rings is 1. The van der Waals surface area contributed by atoms with E-state index in [2.05, 4.69) is 10.6 Å². The number of amides is 1. The van der Waals surface area contributed by atoms with Crippen LogP contribution in [0.3, 0.4) is 0 Å². The molecule has 0 spiro atoms. The number of hydrogen-bond donors (Lipinski definition) is 2. The molecule has 18 heavy (non-hydrogen) atoms. The van der Waals surface area contributed by atoms with Crippen molar-refractivity contribution < 1.29 is 4.79 Å². The van der Waals surface area contributed by atoms with E-state index in [0.29, 0.717) is 0 Å². The van der Waals surface area contributed by atoms with Gasteiger partial charge in [0.15, 0.2) is 0 Å². The molecule has 0 aliphatic carbocycles. The SMILES string of the molecule is CNC(C)(C)C(=O)NC(C)Cc1ccccc1Cl. The highest BCUT2D eigenvalue weighted by atomic mass is 35.5. The molecule has 1 atom stereocenters. The van der Waals surface area contributed by atoms with Crippen molar-refractivity contribution in [3.63, 3.8) is 0 Å². The fraction of sp³-hybridized carbons (Fsp3) is 0.500. The first-order valence-electron chi connectivity index (χ1n) is 6.10. The molecular formula is C14H21ClN2O. The van der Waals surface area contributed by atoms with E-state index in [1.54, 1.807) is 7.05 Å². The predicted octanol–water partition coefficient (Wildman–Crippen LogP) is 2.39. The van der Waals surface area contributed by atoms with Crippen LogP contribution in [-0.4, -0.2) is 24.5 Å². The monoisotopic (exact) mass is 268 g/mol. The molecule has 0 aliphatic rings. The number of carbonyl (C=O) groups excluding carboxylic acids is 1. The van der Waals surface area contributed by atoms with Crippen LogP contribution < -0.4 is 10.6 Å². The van der Waals surface area contributed by atoms with Gasteiger partial charge in [-0.1, -0.05) is 29.8 Å². The highest BCUT2D eigenvalue weighted by molar-refractivity contribution is 6.31. The summed E-state index contributed by atoms with van der Waals surface area (Å²) in [6.07, 6.45) is 0.727. The Balaban J connectivity index is 2.60. The van der Waals surface area contributed by atoms with Crippen molar-refractivity contribution in [1.29, 1.82) is 0 Å². The number of nitrogens with one attached hydrogen (secondary N) is 2. The van der Waals surface area contributed by atoms with Gasteiger partial charge in [0.05, 0.1) is 5.54 Å². The molecule has 0 saturated heterocycles. The largest absolute Gasteiger partial charge is 0.352 e. The Morgan fingerprint density at radius 1 is 1.39 bits per heavy atom. The third-order valence-corrected chi connectivity index (χ3v) is 3.42. The molecule has 0 aromatic heterocycles. The smallest absolute Gasteiger partial charge is 0.239 e. The number of carbonyl (C=O) groups is 1. The van der Waals surface area contributed by atoms with E-state index < -0.39 is 5.54 Å². The Morgan fingerprint density at radius 2 is 2.00 bits per heavy atom. The Hall–Kier alpha value is -1.06. The third kappa shape index (κ3) is 4.00. The number of likely N-dealkylation sites (N-methyl/N-ethyl adjacent to an activating group) is 1. The number of hydrogen-bond acceptors (Lipinski definition) is 2. The second-order valence-electron chi connectivity index (χ2n) is 5.05. The maximum absolute atomic E-state index is 12.0. The minimum atomic E-state index is -0.561. The molecule has 0 heterocycles. The van der Waals surface area contributed by atoms with Gasteiger partial charge in [-0.2, -0.15) is 0 Å². The summed E-state index contributed by atoms with van der Waals surface area (Å²) >= 11 is 6.10. The van der Waals surface area contributed by atoms with E-state index in [1.807, 2.05) is 45.0 Å². The van der Waals surface area contributed by atoms with Gasteiger partial charge < -0.3 is 10.6 Å². The van der Waals surface area contributed by atoms with Crippen LogP contribution in [0.15, 0.2) is 24.3 Å². The van der Waals surface area contributed by atoms with E-state index in [0.717, 1.165) is 17.0 Å². The molecule has 0 fully saturated rings. The molecule has 1 rings (SSSR count). The lowest BCUT2D eigenvalue weighted by Crippen LogP contribution is -2.53. The van der Waals surface area contributed by atoms with Crippen molar-refractivity contribution in [3.05, 3.63) is 34.9 Å². The quantitative estimate of drug-likeness (QED) is 0.861. The van der Waals surface area contributed by atoms with Gasteiger partial charge in [-0.05, 0) is 45.9 Å². The van der Waals surface area contributed by atoms with Crippen LogP contribution in [-0.2, 0) is 11.2 Å². The Labute approximate surface area is 114 Å². The Morgan fingerprint density at radius 3 is 2.56 bits per heavy atom. The van der Waals surface area contributed by atoms with Crippen LogP contribution in [0, 0.1) is 0 Å². The van der Waals surface area contributed by atoms with E-state index in [9.17, 15) is 4.79 Å². The zero-order chi connectivity index (χ0) is 13.8. The fourth-order valence-electron chi connectivity index (χ4n) is 1.56. The maximum atomic E-state index is 12.0. The second kappa shape index (κ2) is 6.21. The number of halogens is 1. The molecule has 0 bridgehead atoms. The van der Waals surface area contributed by atoms with E-state index in [1.165, 1.54) is 0 Å². The van der Waals surface area contributed by atoms with Gasteiger partial charge >= 0.3 is 0 Å². The van der Waals surface area contributed by atoms with E-state index in [4.69, 9.17) is 11.6 Å². The summed E-state index contributed by atoms with van der Waals surface area (Å²) in [6, 6.07) is 7.74. The topological polar surface area (TPSA) is 41.1 Å². The van der Waals surface area contributed by atoms with Crippen LogP contribution >= 0.6 is 11.6 Å². The summed E-state index contributed by atoms with van der Waals surface area (Å²) in [5, 5.41) is 6.71. The highest BCUT2D eigenvalue weighted by Crippen LogP contribution is 2.16. The maximum Gasteiger partial charge on any atom is 0.239 e. The van der Waals surface area contributed by atoms with Crippen LogP contribution in [0.25, 0.3) is 0 Å². The van der Waals surface area contributed by atoms with E-state index >= 15 is 0 Å². The molecule has 1 unspecified atom stereocenters. The van der Waals surface area contributed by atoms with Crippen molar-refractivity contribution in [2.75, 3.05) is 7.05 Å². The molecule has 3 nitrogen and oxygen atoms in total. The third-order valence-electron chi connectivity index (χ3n) is 3.05. The standard InChI is InChI=1S/C14H21ClN2O/c1-10(17-13(18)14(2,3)16-4)9-11-7-5-6-8-12(11)15/h5-8,10,16H,9H2,1-4H3,(H,17,18). The lowest BCUT2D eigenvalue weighted by molar-refractivity contribution is -0.126. The second-order valence-corrected chi connectivity index (χ2v) is 5.45. The van der Waals surface area contributed by atoms with Crippen LogP contribution in [0.5, 0.6) is 0 Å². The van der Waals surface area contributed by atoms with Gasteiger partial charge in [-0.25, -0.2) is 0 Å². The average Bonchev–Trinajstić information content (AvgIpc) is 2.32. The Bertz CT molecular complexity index is 418. The molecule has 4 heteroatoms. The molecule has 2 N–H and O–H groups in total. The normalized spacial score (nSPS) is 13.2. The lowest BCUT2D eigenvalue weighted by Gasteiger charge is -2.25. The number of rotatable bonds is 5. The van der Waals surface area contributed by atoms with E-state index in [-0.39, 0.29) is 11.9 Å². The van der Waals surface area contributed by atoms with Gasteiger partial charge in [-0.3, -0.25) is 4.79 Å². The molecule has 1 aromatic rings. The molecule has 0 radical (unpaired) electrons. The first kappa shape index (κ1) is 15.0. The summed E-state index contributed by atoms with van der Waals surface area (Å²) < 4.78 is 0. The molecular weight excluding hydrogens is 248 g/mol. The van der Waals surface area contributed by atoms with Crippen LogP contribution in [0.1, 0.15) is 26.3 Å². The molecule has 1 amide bonds. The minimum absolute atomic E-state index is 0.00967. The minimum Gasteiger partial charge on any atom is -0.352 e. The summed E-state index contributed by atoms with van der Waals surface area (Å²) in [5.74, 6) is -0.00967. The van der Waals surface area contributed by atoms with Crippen molar-refractivity contribution in [1.82, 2.24) is 10.6 Å². The van der Waals surface area contributed by atoms with Gasteiger partial charge in [-0.15, -0.1) is 0 Å². The van der Waals surface area contributed by atoms with Gasteiger partial charge in [0.25, 0.3) is 0 Å². The summed E-state index contributed by atoms with van der Waals surface area (Å²) in [7, 11) is 1.78. The first-order chi connectivity index (χ1) is 8.36. The first-order valence-corrected chi connectivity index (χ1v) is 6.48. The van der Waals surface area contributed by atoms with Crippen molar-refractivity contribution in [2.24, 2.45) is 0 Å². The summed E-state index contributed by atoms with van der Waals surface area (Å²) in [4.78, 5) is 12.0. The van der Waals surface area contributed by atoms with Gasteiger partial charge in [0.1, 0.15) is 0 Å². The van der Waals surface area contributed by atoms with Gasteiger partial charge in [0.2, 0.25) is 5.91 Å². The molecule has 100 valence electrons. The molecule has 0 aliphatic heterocycles. The fourth-order valence-corrected chi connectivity index (χ4v) is 1.78. The van der Waals surface area contributed by atoms with Crippen molar-refractivity contribution in [3.8, 4) is 0 Å². The van der Waals surface area contributed by atoms with Gasteiger partial charge in [0, 0.05) is 11.1 Å². The average molecular weight is 269 g/mol.